The van der Waals surface area contributed by atoms with Crippen LogP contribution in [-0.2, 0) is 0 Å². The average Bonchev–Trinajstić information content (AvgIpc) is 3.18. The van der Waals surface area contributed by atoms with E-state index in [2.05, 4.69) is 18.7 Å². The Kier molecular flexibility index (Phi) is 4.53. The molecule has 0 aliphatic heterocycles. The molecule has 4 heteroatoms. The molecule has 1 fully saturated rings. The Hall–Kier alpha value is -1.29. The lowest BCUT2D eigenvalue weighted by atomic mass is 10.0. The van der Waals surface area contributed by atoms with E-state index in [9.17, 15) is 13.6 Å². The highest BCUT2D eigenvalue weighted by Crippen LogP contribution is 2.30. The van der Waals surface area contributed by atoms with E-state index in [0.717, 1.165) is 31.5 Å². The number of nitrogens with zero attached hydrogens (tertiary/aromatic N) is 1. The van der Waals surface area contributed by atoms with Gasteiger partial charge in [-0.3, -0.25) is 9.69 Å². The van der Waals surface area contributed by atoms with Crippen molar-refractivity contribution in [2.75, 3.05) is 6.54 Å². The number of Topliss-reactive ketones (excluding diaryl/α,β-unsaturated/α-hetero) is 1. The molecule has 1 saturated carbocycles. The van der Waals surface area contributed by atoms with Crippen LogP contribution in [0.15, 0.2) is 18.2 Å². The predicted octanol–water partition coefficient (Wildman–Crippen LogP) is 3.66. The number of carbonyl (C=O) groups excluding carboxylic acids is 1. The predicted molar refractivity (Wildman–Crippen MR) is 74.7 cm³/mol. The van der Waals surface area contributed by atoms with Crippen LogP contribution in [-0.4, -0.2) is 29.3 Å². The molecule has 110 valence electrons. The minimum atomic E-state index is -0.776. The van der Waals surface area contributed by atoms with Gasteiger partial charge in [0.15, 0.2) is 5.78 Å². The smallest absolute Gasteiger partial charge is 0.182 e. The first-order valence-corrected chi connectivity index (χ1v) is 7.15. The summed E-state index contributed by atoms with van der Waals surface area (Å²) in [5.41, 5.74) is -0.0201. The van der Waals surface area contributed by atoms with Crippen molar-refractivity contribution in [2.45, 2.75) is 45.7 Å². The van der Waals surface area contributed by atoms with Crippen LogP contribution in [0, 0.1) is 17.6 Å². The summed E-state index contributed by atoms with van der Waals surface area (Å²) in [7, 11) is 0. The van der Waals surface area contributed by atoms with E-state index in [1.807, 2.05) is 6.92 Å². The molecule has 1 aromatic carbocycles. The molecule has 0 N–H and O–H groups in total. The van der Waals surface area contributed by atoms with Gasteiger partial charge in [-0.15, -0.1) is 0 Å². The lowest BCUT2D eigenvalue weighted by molar-refractivity contribution is 0.0803. The van der Waals surface area contributed by atoms with Gasteiger partial charge in [0.05, 0.1) is 11.6 Å². The van der Waals surface area contributed by atoms with Crippen molar-refractivity contribution in [2.24, 2.45) is 5.92 Å². The third-order valence-electron chi connectivity index (χ3n) is 3.67. The zero-order valence-electron chi connectivity index (χ0n) is 12.2. The van der Waals surface area contributed by atoms with Crippen molar-refractivity contribution in [3.05, 3.63) is 35.4 Å². The molecular formula is C16H21F2NO. The summed E-state index contributed by atoms with van der Waals surface area (Å²) < 4.78 is 26.6. The van der Waals surface area contributed by atoms with Crippen molar-refractivity contribution in [1.82, 2.24) is 4.90 Å². The molecular weight excluding hydrogens is 260 g/mol. The van der Waals surface area contributed by atoms with Gasteiger partial charge >= 0.3 is 0 Å². The third kappa shape index (κ3) is 3.42. The highest BCUT2D eigenvalue weighted by molar-refractivity contribution is 6.00. The lowest BCUT2D eigenvalue weighted by Gasteiger charge is -2.29. The van der Waals surface area contributed by atoms with Crippen molar-refractivity contribution in [1.29, 1.82) is 0 Å². The van der Waals surface area contributed by atoms with Crippen LogP contribution >= 0.6 is 0 Å². The van der Waals surface area contributed by atoms with E-state index < -0.39 is 11.6 Å². The fraction of sp³-hybridized carbons (Fsp3) is 0.562. The maximum Gasteiger partial charge on any atom is 0.182 e. The maximum atomic E-state index is 13.7. The molecule has 1 aliphatic rings. The van der Waals surface area contributed by atoms with Crippen LogP contribution in [0.2, 0.25) is 0 Å². The third-order valence-corrected chi connectivity index (χ3v) is 3.67. The molecule has 1 unspecified atom stereocenters. The molecule has 0 saturated heterocycles. The summed E-state index contributed by atoms with van der Waals surface area (Å²) in [6, 6.07) is 3.20. The van der Waals surface area contributed by atoms with Gasteiger partial charge in [0.1, 0.15) is 11.6 Å². The van der Waals surface area contributed by atoms with E-state index in [1.165, 1.54) is 6.07 Å². The zero-order chi connectivity index (χ0) is 14.9. The van der Waals surface area contributed by atoms with Crippen LogP contribution in [0.5, 0.6) is 0 Å². The van der Waals surface area contributed by atoms with E-state index in [1.54, 1.807) is 0 Å². The van der Waals surface area contributed by atoms with Crippen molar-refractivity contribution < 1.29 is 13.6 Å². The van der Waals surface area contributed by atoms with Crippen molar-refractivity contribution >= 4 is 5.78 Å². The van der Waals surface area contributed by atoms with E-state index in [0.29, 0.717) is 12.0 Å². The molecule has 20 heavy (non-hydrogen) atoms. The number of rotatable bonds is 6. The number of carbonyl (C=O) groups is 1. The van der Waals surface area contributed by atoms with Gasteiger partial charge in [0.25, 0.3) is 0 Å². The van der Waals surface area contributed by atoms with Crippen LogP contribution in [0.4, 0.5) is 8.78 Å². The SMILES string of the molecule is CC(C)CN(C1CC1)C(C)C(=O)c1ccc(F)cc1F. The fourth-order valence-corrected chi connectivity index (χ4v) is 2.52. The Morgan fingerprint density at radius 2 is 1.95 bits per heavy atom. The zero-order valence-corrected chi connectivity index (χ0v) is 12.2. The molecule has 0 radical (unpaired) electrons. The first-order chi connectivity index (χ1) is 9.40. The Balaban J connectivity index is 2.17. The van der Waals surface area contributed by atoms with Gasteiger partial charge in [0.2, 0.25) is 0 Å². The maximum absolute atomic E-state index is 13.7. The van der Waals surface area contributed by atoms with E-state index in [-0.39, 0.29) is 17.4 Å². The van der Waals surface area contributed by atoms with E-state index in [4.69, 9.17) is 0 Å². The van der Waals surface area contributed by atoms with Gasteiger partial charge in [-0.05, 0) is 37.8 Å². The summed E-state index contributed by atoms with van der Waals surface area (Å²) in [6.07, 6.45) is 2.19. The Morgan fingerprint density at radius 3 is 2.45 bits per heavy atom. The molecule has 2 rings (SSSR count). The fourth-order valence-electron chi connectivity index (χ4n) is 2.52. The number of halogens is 2. The van der Waals surface area contributed by atoms with Crippen LogP contribution in [0.3, 0.4) is 0 Å². The molecule has 2 nitrogen and oxygen atoms in total. The second-order valence-electron chi connectivity index (χ2n) is 5.99. The van der Waals surface area contributed by atoms with Gasteiger partial charge < -0.3 is 0 Å². The van der Waals surface area contributed by atoms with Crippen molar-refractivity contribution in [3.63, 3.8) is 0 Å². The van der Waals surface area contributed by atoms with Gasteiger partial charge in [0, 0.05) is 18.7 Å². The molecule has 1 aliphatic carbocycles. The summed E-state index contributed by atoms with van der Waals surface area (Å²) in [4.78, 5) is 14.6. The standard InChI is InChI=1S/C16H21F2NO/c1-10(2)9-19(13-5-6-13)11(3)16(20)14-7-4-12(17)8-15(14)18/h4,7-8,10-11,13H,5-6,9H2,1-3H3. The molecule has 0 bridgehead atoms. The Bertz CT molecular complexity index is 497. The van der Waals surface area contributed by atoms with Crippen LogP contribution in [0.25, 0.3) is 0 Å². The van der Waals surface area contributed by atoms with Crippen LogP contribution in [0.1, 0.15) is 44.0 Å². The number of ketones is 1. The summed E-state index contributed by atoms with van der Waals surface area (Å²) in [5.74, 6) is -1.26. The van der Waals surface area contributed by atoms with Gasteiger partial charge in [-0.25, -0.2) is 8.78 Å². The monoisotopic (exact) mass is 281 g/mol. The first kappa shape index (κ1) is 15.1. The highest BCUT2D eigenvalue weighted by atomic mass is 19.1. The normalized spacial score (nSPS) is 16.8. The van der Waals surface area contributed by atoms with Gasteiger partial charge in [-0.1, -0.05) is 13.8 Å². The second-order valence-corrected chi connectivity index (χ2v) is 5.99. The van der Waals surface area contributed by atoms with E-state index >= 15 is 0 Å². The summed E-state index contributed by atoms with van der Waals surface area (Å²) in [5, 5.41) is 0. The molecule has 0 aromatic heterocycles. The number of benzene rings is 1. The summed E-state index contributed by atoms with van der Waals surface area (Å²) >= 11 is 0. The van der Waals surface area contributed by atoms with Crippen LogP contribution < -0.4 is 0 Å². The lowest BCUT2D eigenvalue weighted by Crippen LogP contribution is -2.43. The molecule has 1 atom stereocenters. The second kappa shape index (κ2) is 6.00. The van der Waals surface area contributed by atoms with Crippen molar-refractivity contribution in [3.8, 4) is 0 Å². The largest absolute Gasteiger partial charge is 0.292 e. The molecule has 0 amide bonds. The number of hydrogen-bond acceptors (Lipinski definition) is 2. The summed E-state index contributed by atoms with van der Waals surface area (Å²) in [6.45, 7) is 6.84. The Labute approximate surface area is 118 Å². The molecule has 0 spiro atoms. The number of hydrogen-bond donors (Lipinski definition) is 0. The minimum absolute atomic E-state index is 0.0201. The topological polar surface area (TPSA) is 20.3 Å². The quantitative estimate of drug-likeness (QED) is 0.742. The molecule has 1 aromatic rings. The van der Waals surface area contributed by atoms with Gasteiger partial charge in [-0.2, -0.15) is 0 Å². The first-order valence-electron chi connectivity index (χ1n) is 7.15. The average molecular weight is 281 g/mol. The Morgan fingerprint density at radius 1 is 1.30 bits per heavy atom. The molecule has 0 heterocycles. The highest BCUT2D eigenvalue weighted by Gasteiger charge is 2.35. The minimum Gasteiger partial charge on any atom is -0.292 e.